The summed E-state index contributed by atoms with van der Waals surface area (Å²) >= 11 is 0. The van der Waals surface area contributed by atoms with Gasteiger partial charge in [0.15, 0.2) is 0 Å². The highest BCUT2D eigenvalue weighted by atomic mass is 32.2. The predicted molar refractivity (Wildman–Crippen MR) is 104 cm³/mol. The molecular weight excluding hydrogens is 362 g/mol. The summed E-state index contributed by atoms with van der Waals surface area (Å²) < 4.78 is 33.1. The maximum absolute atomic E-state index is 12.3. The zero-order chi connectivity index (χ0) is 18.7. The van der Waals surface area contributed by atoms with Crippen molar-refractivity contribution in [2.45, 2.75) is 42.7 Å². The lowest BCUT2D eigenvalue weighted by Gasteiger charge is -2.30. The molecule has 27 heavy (non-hydrogen) atoms. The van der Waals surface area contributed by atoms with E-state index < -0.39 is 10.0 Å². The van der Waals surface area contributed by atoms with Crippen LogP contribution in [0.5, 0.6) is 0 Å². The number of ether oxygens (including phenoxy) is 1. The molecule has 2 aromatic rings. The second-order valence-electron chi connectivity index (χ2n) is 7.31. The first-order valence-corrected chi connectivity index (χ1v) is 11.0. The van der Waals surface area contributed by atoms with E-state index in [1.807, 2.05) is 18.2 Å². The molecule has 2 heterocycles. The molecule has 144 valence electrons. The first-order valence-electron chi connectivity index (χ1n) is 9.49. The Hall–Kier alpha value is -1.96. The SMILES string of the molecule is O=S(=O)(NCC1CC1)c1ccc(NC2CCOC(c3ccccc3)C2)nc1. The van der Waals surface area contributed by atoms with Crippen LogP contribution in [0.1, 0.15) is 37.4 Å². The number of aromatic nitrogens is 1. The Kier molecular flexibility index (Phi) is 5.43. The van der Waals surface area contributed by atoms with E-state index in [1.54, 1.807) is 12.1 Å². The second kappa shape index (κ2) is 7.96. The zero-order valence-electron chi connectivity index (χ0n) is 15.2. The number of hydrogen-bond acceptors (Lipinski definition) is 5. The lowest BCUT2D eigenvalue weighted by atomic mass is 9.97. The van der Waals surface area contributed by atoms with Crippen molar-refractivity contribution in [2.24, 2.45) is 5.92 Å². The number of pyridine rings is 1. The number of rotatable bonds is 7. The molecule has 2 N–H and O–H groups in total. The first kappa shape index (κ1) is 18.4. The van der Waals surface area contributed by atoms with Crippen LogP contribution in [-0.2, 0) is 14.8 Å². The fraction of sp³-hybridized carbons (Fsp3) is 0.450. The van der Waals surface area contributed by atoms with E-state index in [0.717, 1.165) is 25.7 Å². The summed E-state index contributed by atoms with van der Waals surface area (Å²) in [7, 11) is -3.47. The van der Waals surface area contributed by atoms with Gasteiger partial charge in [0.05, 0.1) is 6.10 Å². The summed E-state index contributed by atoms with van der Waals surface area (Å²) in [5, 5.41) is 3.41. The van der Waals surface area contributed by atoms with Crippen molar-refractivity contribution in [2.75, 3.05) is 18.5 Å². The normalized spacial score (nSPS) is 23.1. The van der Waals surface area contributed by atoms with Gasteiger partial charge < -0.3 is 10.1 Å². The van der Waals surface area contributed by atoms with Crippen LogP contribution in [0.15, 0.2) is 53.6 Å². The molecule has 1 aromatic heterocycles. The van der Waals surface area contributed by atoms with Crippen LogP contribution in [0.4, 0.5) is 5.82 Å². The molecule has 7 heteroatoms. The topological polar surface area (TPSA) is 80.3 Å². The monoisotopic (exact) mass is 387 g/mol. The molecule has 1 aliphatic heterocycles. The molecular formula is C20H25N3O3S. The first-order chi connectivity index (χ1) is 13.1. The van der Waals surface area contributed by atoms with Crippen LogP contribution in [0, 0.1) is 5.92 Å². The molecule has 2 unspecified atom stereocenters. The van der Waals surface area contributed by atoms with E-state index in [2.05, 4.69) is 27.2 Å². The van der Waals surface area contributed by atoms with Crippen LogP contribution < -0.4 is 10.0 Å². The standard InChI is InChI=1S/C20H25N3O3S/c24-27(25,22-13-15-6-7-15)18-8-9-20(21-14-18)23-17-10-11-26-19(12-17)16-4-2-1-3-5-16/h1-5,8-9,14-15,17,19,22H,6-7,10-13H2,(H,21,23). The Balaban J connectivity index is 1.36. The Morgan fingerprint density at radius 3 is 2.59 bits per heavy atom. The third kappa shape index (κ3) is 4.86. The van der Waals surface area contributed by atoms with Gasteiger partial charge in [-0.05, 0) is 49.3 Å². The van der Waals surface area contributed by atoms with Gasteiger partial charge in [-0.25, -0.2) is 18.1 Å². The highest BCUT2D eigenvalue weighted by Crippen LogP contribution is 2.30. The zero-order valence-corrected chi connectivity index (χ0v) is 16.0. The fourth-order valence-electron chi connectivity index (χ4n) is 3.29. The summed E-state index contributed by atoms with van der Waals surface area (Å²) in [6.45, 7) is 1.21. The molecule has 0 radical (unpaired) electrons. The number of nitrogens with zero attached hydrogens (tertiary/aromatic N) is 1. The van der Waals surface area contributed by atoms with Gasteiger partial charge in [-0.3, -0.25) is 0 Å². The largest absolute Gasteiger partial charge is 0.373 e. The lowest BCUT2D eigenvalue weighted by Crippen LogP contribution is -2.30. The van der Waals surface area contributed by atoms with E-state index >= 15 is 0 Å². The van der Waals surface area contributed by atoms with Crippen molar-refractivity contribution in [3.8, 4) is 0 Å². The minimum atomic E-state index is -3.47. The third-order valence-electron chi connectivity index (χ3n) is 5.11. The Morgan fingerprint density at radius 2 is 1.89 bits per heavy atom. The Morgan fingerprint density at radius 1 is 1.07 bits per heavy atom. The van der Waals surface area contributed by atoms with Crippen molar-refractivity contribution < 1.29 is 13.2 Å². The van der Waals surface area contributed by atoms with E-state index in [4.69, 9.17) is 4.74 Å². The van der Waals surface area contributed by atoms with Gasteiger partial charge in [0, 0.05) is 25.4 Å². The summed E-state index contributed by atoms with van der Waals surface area (Å²) in [5.74, 6) is 1.19. The highest BCUT2D eigenvalue weighted by molar-refractivity contribution is 7.89. The quantitative estimate of drug-likeness (QED) is 0.763. The van der Waals surface area contributed by atoms with Crippen LogP contribution in [0.2, 0.25) is 0 Å². The lowest BCUT2D eigenvalue weighted by molar-refractivity contribution is 0.00974. The van der Waals surface area contributed by atoms with Crippen molar-refractivity contribution in [3.05, 3.63) is 54.2 Å². The molecule has 1 saturated carbocycles. The molecule has 1 saturated heterocycles. The van der Waals surface area contributed by atoms with Gasteiger partial charge in [-0.15, -0.1) is 0 Å². The van der Waals surface area contributed by atoms with E-state index in [9.17, 15) is 8.42 Å². The van der Waals surface area contributed by atoms with Crippen molar-refractivity contribution >= 4 is 15.8 Å². The van der Waals surface area contributed by atoms with Gasteiger partial charge in [0.25, 0.3) is 0 Å². The van der Waals surface area contributed by atoms with E-state index in [0.29, 0.717) is 24.9 Å². The molecule has 0 bridgehead atoms. The smallest absolute Gasteiger partial charge is 0.242 e. The average molecular weight is 388 g/mol. The minimum absolute atomic E-state index is 0.0729. The van der Waals surface area contributed by atoms with Crippen molar-refractivity contribution in [3.63, 3.8) is 0 Å². The molecule has 6 nitrogen and oxygen atoms in total. The number of hydrogen-bond donors (Lipinski definition) is 2. The van der Waals surface area contributed by atoms with Crippen LogP contribution in [-0.4, -0.2) is 32.6 Å². The van der Waals surface area contributed by atoms with Gasteiger partial charge in [-0.2, -0.15) is 0 Å². The molecule has 2 aliphatic rings. The number of sulfonamides is 1. The highest BCUT2D eigenvalue weighted by Gasteiger charge is 2.25. The maximum Gasteiger partial charge on any atom is 0.242 e. The molecule has 0 spiro atoms. The average Bonchev–Trinajstić information content (AvgIpc) is 3.53. The third-order valence-corrected chi connectivity index (χ3v) is 6.52. The Bertz CT molecular complexity index is 852. The number of nitrogens with one attached hydrogen (secondary N) is 2. The molecule has 0 amide bonds. The Labute approximate surface area is 160 Å². The predicted octanol–water partition coefficient (Wildman–Crippen LogP) is 3.10. The number of anilines is 1. The second-order valence-corrected chi connectivity index (χ2v) is 9.08. The van der Waals surface area contributed by atoms with Gasteiger partial charge in [0.2, 0.25) is 10.0 Å². The van der Waals surface area contributed by atoms with Crippen molar-refractivity contribution in [1.29, 1.82) is 0 Å². The maximum atomic E-state index is 12.3. The van der Waals surface area contributed by atoms with Crippen LogP contribution in [0.25, 0.3) is 0 Å². The van der Waals surface area contributed by atoms with Gasteiger partial charge in [-0.1, -0.05) is 30.3 Å². The summed E-state index contributed by atoms with van der Waals surface area (Å²) in [4.78, 5) is 4.52. The fourth-order valence-corrected chi connectivity index (χ4v) is 4.36. The van der Waals surface area contributed by atoms with E-state index in [-0.39, 0.29) is 17.0 Å². The number of benzene rings is 1. The molecule has 2 fully saturated rings. The molecule has 4 rings (SSSR count). The van der Waals surface area contributed by atoms with Crippen LogP contribution in [0.3, 0.4) is 0 Å². The van der Waals surface area contributed by atoms with E-state index in [1.165, 1.54) is 11.8 Å². The summed E-state index contributed by atoms with van der Waals surface area (Å²) in [6.07, 6.45) is 5.47. The van der Waals surface area contributed by atoms with Crippen molar-refractivity contribution in [1.82, 2.24) is 9.71 Å². The van der Waals surface area contributed by atoms with Crippen LogP contribution >= 0.6 is 0 Å². The van der Waals surface area contributed by atoms with Gasteiger partial charge in [0.1, 0.15) is 10.7 Å². The van der Waals surface area contributed by atoms with Gasteiger partial charge >= 0.3 is 0 Å². The molecule has 1 aromatic carbocycles. The molecule has 2 atom stereocenters. The minimum Gasteiger partial charge on any atom is -0.373 e. The summed E-state index contributed by atoms with van der Waals surface area (Å²) in [6, 6.07) is 13.8. The molecule has 1 aliphatic carbocycles. The summed E-state index contributed by atoms with van der Waals surface area (Å²) in [5.41, 5.74) is 1.18.